The van der Waals surface area contributed by atoms with Gasteiger partial charge in [0.2, 0.25) is 11.8 Å². The molecule has 6 nitrogen and oxygen atoms in total. The number of piperidine rings is 1. The van der Waals surface area contributed by atoms with Crippen LogP contribution in [0.2, 0.25) is 0 Å². The van der Waals surface area contributed by atoms with Crippen LogP contribution in [-0.2, 0) is 9.59 Å². The lowest BCUT2D eigenvalue weighted by Gasteiger charge is -2.67. The van der Waals surface area contributed by atoms with Gasteiger partial charge in [0.25, 0.3) is 0 Å². The van der Waals surface area contributed by atoms with Crippen molar-refractivity contribution >= 4 is 24.0 Å². The molecular formula is C37H52N4O2. The molecule has 0 aromatic rings. The third-order valence-corrected chi connectivity index (χ3v) is 15.9. The summed E-state index contributed by atoms with van der Waals surface area (Å²) in [5, 5.41) is 0. The Labute approximate surface area is 257 Å². The van der Waals surface area contributed by atoms with Crippen LogP contribution in [0.25, 0.3) is 0 Å². The Morgan fingerprint density at radius 1 is 0.674 bits per heavy atom. The summed E-state index contributed by atoms with van der Waals surface area (Å²) < 4.78 is 0. The molecule has 0 aromatic carbocycles. The average molecular weight is 585 g/mol. The van der Waals surface area contributed by atoms with Crippen molar-refractivity contribution in [3.63, 3.8) is 0 Å². The molecule has 3 heterocycles. The van der Waals surface area contributed by atoms with Gasteiger partial charge in [-0.1, -0.05) is 39.0 Å². The first kappa shape index (κ1) is 26.5. The molecule has 1 saturated heterocycles. The maximum Gasteiger partial charge on any atom is 0.231 e. The lowest BCUT2D eigenvalue weighted by Crippen LogP contribution is -2.66. The Hall–Kier alpha value is -1.72. The number of hydrogen-bond acceptors (Lipinski definition) is 4. The number of rotatable bonds is 1. The highest BCUT2D eigenvalue weighted by molar-refractivity contribution is 6.05. The second-order valence-electron chi connectivity index (χ2n) is 17.1. The van der Waals surface area contributed by atoms with Gasteiger partial charge in [0.1, 0.15) is 5.84 Å². The van der Waals surface area contributed by atoms with Crippen molar-refractivity contribution in [1.82, 2.24) is 9.80 Å². The van der Waals surface area contributed by atoms with Gasteiger partial charge in [-0.2, -0.15) is 0 Å². The molecule has 3 aliphatic heterocycles. The van der Waals surface area contributed by atoms with Gasteiger partial charge in [0.05, 0.1) is 30.5 Å². The fourth-order valence-electron chi connectivity index (χ4n) is 14.5. The van der Waals surface area contributed by atoms with Crippen LogP contribution >= 0.6 is 0 Å². The average Bonchev–Trinajstić information content (AvgIpc) is 3.65. The summed E-state index contributed by atoms with van der Waals surface area (Å²) in [6, 6.07) is 1.45. The third kappa shape index (κ3) is 3.53. The largest absolute Gasteiger partial charge is 0.298 e. The van der Waals surface area contributed by atoms with Gasteiger partial charge in [0.15, 0.2) is 0 Å². The molecule has 10 rings (SSSR count). The smallest absolute Gasteiger partial charge is 0.231 e. The van der Waals surface area contributed by atoms with Gasteiger partial charge < -0.3 is 0 Å². The first-order valence-electron chi connectivity index (χ1n) is 18.9. The van der Waals surface area contributed by atoms with Gasteiger partial charge in [-0.05, 0) is 124 Å². The minimum absolute atomic E-state index is 0.191. The lowest BCUT2D eigenvalue weighted by molar-refractivity contribution is -0.190. The predicted octanol–water partition coefficient (Wildman–Crippen LogP) is 6.34. The van der Waals surface area contributed by atoms with Gasteiger partial charge in [-0.15, -0.1) is 0 Å². The van der Waals surface area contributed by atoms with Crippen molar-refractivity contribution in [1.29, 1.82) is 0 Å². The monoisotopic (exact) mass is 584 g/mol. The van der Waals surface area contributed by atoms with Gasteiger partial charge >= 0.3 is 0 Å². The quantitative estimate of drug-likeness (QED) is 0.361. The second-order valence-corrected chi connectivity index (χ2v) is 17.1. The predicted molar refractivity (Wildman–Crippen MR) is 166 cm³/mol. The van der Waals surface area contributed by atoms with Crippen LogP contribution in [0.15, 0.2) is 9.98 Å². The lowest BCUT2D eigenvalue weighted by atomic mass is 9.38. The molecule has 16 unspecified atom stereocenters. The molecule has 7 aliphatic carbocycles. The highest BCUT2D eigenvalue weighted by atomic mass is 16.2. The normalized spacial score (nSPS) is 54.2. The van der Waals surface area contributed by atoms with Crippen LogP contribution < -0.4 is 0 Å². The minimum Gasteiger partial charge on any atom is -0.298 e. The van der Waals surface area contributed by atoms with Crippen molar-refractivity contribution in [2.45, 2.75) is 134 Å². The number of hydrogen-bond donors (Lipinski definition) is 0. The van der Waals surface area contributed by atoms with Crippen LogP contribution in [0.3, 0.4) is 0 Å². The van der Waals surface area contributed by atoms with E-state index in [2.05, 4.69) is 16.7 Å². The Balaban J connectivity index is 0.970. The van der Waals surface area contributed by atoms with Crippen molar-refractivity contribution in [2.75, 3.05) is 0 Å². The number of aliphatic imine (C=N–C) groups is 2. The second kappa shape index (κ2) is 9.64. The van der Waals surface area contributed by atoms with E-state index in [-0.39, 0.29) is 11.8 Å². The van der Waals surface area contributed by atoms with E-state index in [0.29, 0.717) is 59.7 Å². The van der Waals surface area contributed by atoms with Crippen molar-refractivity contribution < 1.29 is 9.59 Å². The Kier molecular flexibility index (Phi) is 5.94. The van der Waals surface area contributed by atoms with E-state index in [1.807, 2.05) is 6.34 Å². The molecule has 0 N–H and O–H groups in total. The SMILES string of the molecule is CC1CCC2C3CCC4C(=O)N5C(=NC6CCCCC65)C5CCC(C6CCC(C(=O)N7C=NC8CCCCC87)C1C26)C3C45. The zero-order chi connectivity index (χ0) is 28.6. The summed E-state index contributed by atoms with van der Waals surface area (Å²) in [6.07, 6.45) is 21.6. The first-order chi connectivity index (χ1) is 21.1. The molecule has 7 saturated carbocycles. The molecule has 2 amide bonds. The van der Waals surface area contributed by atoms with E-state index >= 15 is 0 Å². The number of amidine groups is 1. The summed E-state index contributed by atoms with van der Waals surface area (Å²) in [7, 11) is 0. The van der Waals surface area contributed by atoms with Crippen molar-refractivity contribution in [3.05, 3.63) is 0 Å². The fourth-order valence-corrected chi connectivity index (χ4v) is 14.5. The number of carbonyl (C=O) groups excluding carboxylic acids is 2. The van der Waals surface area contributed by atoms with Crippen molar-refractivity contribution in [2.24, 2.45) is 81.0 Å². The highest BCUT2D eigenvalue weighted by Crippen LogP contribution is 2.69. The van der Waals surface area contributed by atoms with Crippen LogP contribution in [0.1, 0.15) is 110 Å². The molecule has 10 aliphatic rings. The Morgan fingerprint density at radius 3 is 2.09 bits per heavy atom. The molecule has 6 heteroatoms. The number of nitrogens with zero attached hydrogens (tertiary/aromatic N) is 4. The molecule has 16 atom stereocenters. The van der Waals surface area contributed by atoms with E-state index in [4.69, 9.17) is 9.98 Å². The minimum atomic E-state index is 0.191. The molecule has 0 aromatic heterocycles. The highest BCUT2D eigenvalue weighted by Gasteiger charge is 2.66. The van der Waals surface area contributed by atoms with Gasteiger partial charge in [-0.3, -0.25) is 29.4 Å². The van der Waals surface area contributed by atoms with E-state index in [1.54, 1.807) is 0 Å². The molecular weight excluding hydrogens is 532 g/mol. The maximum atomic E-state index is 14.4. The first-order valence-corrected chi connectivity index (χ1v) is 18.9. The van der Waals surface area contributed by atoms with Gasteiger partial charge in [-0.25, -0.2) is 0 Å². The van der Waals surface area contributed by atoms with Crippen LogP contribution in [0.5, 0.6) is 0 Å². The summed E-state index contributed by atoms with van der Waals surface area (Å²) >= 11 is 0. The maximum absolute atomic E-state index is 14.4. The van der Waals surface area contributed by atoms with Crippen LogP contribution in [-0.4, -0.2) is 58.0 Å². The zero-order valence-electron chi connectivity index (χ0n) is 26.2. The fraction of sp³-hybridized carbons (Fsp3) is 0.892. The van der Waals surface area contributed by atoms with E-state index in [1.165, 1.54) is 76.5 Å². The molecule has 0 bridgehead atoms. The molecule has 232 valence electrons. The Morgan fingerprint density at radius 2 is 1.30 bits per heavy atom. The molecule has 8 fully saturated rings. The molecule has 0 spiro atoms. The van der Waals surface area contributed by atoms with Crippen LogP contribution in [0.4, 0.5) is 0 Å². The molecule has 0 radical (unpaired) electrons. The number of carbonyl (C=O) groups is 2. The number of fused-ring (bicyclic) bond motifs is 7. The standard InChI is InChI=1S/C37H52N4O2/c1-19-10-11-20-23-14-17-26-34-24(35-39-28-7-3-5-9-30(28)41(35)37(26)43)15-12-22(33(23)34)21-13-16-25(31(19)32(20)21)36(42)40-18-38-27-6-2-4-8-29(27)40/h18-34H,2-17H2,1H3. The summed E-state index contributed by atoms with van der Waals surface area (Å²) in [5.41, 5.74) is 0. The van der Waals surface area contributed by atoms with Crippen molar-refractivity contribution in [3.8, 4) is 0 Å². The zero-order valence-corrected chi connectivity index (χ0v) is 26.2. The number of amides is 2. The van der Waals surface area contributed by atoms with Crippen LogP contribution in [0, 0.1) is 71.0 Å². The molecule has 43 heavy (non-hydrogen) atoms. The Bertz CT molecular complexity index is 1250. The third-order valence-electron chi connectivity index (χ3n) is 15.9. The van der Waals surface area contributed by atoms with E-state index < -0.39 is 0 Å². The van der Waals surface area contributed by atoms with Gasteiger partial charge in [0, 0.05) is 17.8 Å². The van der Waals surface area contributed by atoms with E-state index in [0.717, 1.165) is 67.6 Å². The van der Waals surface area contributed by atoms with E-state index in [9.17, 15) is 9.59 Å². The summed E-state index contributed by atoms with van der Waals surface area (Å²) in [5.74, 6) is 9.35. The topological polar surface area (TPSA) is 65.3 Å². The summed E-state index contributed by atoms with van der Waals surface area (Å²) in [4.78, 5) is 43.5. The summed E-state index contributed by atoms with van der Waals surface area (Å²) in [6.45, 7) is 2.50.